The number of aromatic nitrogens is 1. The van der Waals surface area contributed by atoms with Gasteiger partial charge in [0.1, 0.15) is 5.01 Å². The van der Waals surface area contributed by atoms with Crippen LogP contribution in [0.25, 0.3) is 0 Å². The van der Waals surface area contributed by atoms with Gasteiger partial charge in [-0.2, -0.15) is 0 Å². The summed E-state index contributed by atoms with van der Waals surface area (Å²) in [6.45, 7) is 5.39. The first-order chi connectivity index (χ1) is 6.75. The fourth-order valence-corrected chi connectivity index (χ4v) is 2.49. The Balaban J connectivity index is 1.88. The number of piperidine rings is 1. The standard InChI is InChI=1S/C10H17N3S/c1-8-2-4-13(6-9(8)11)7-10-12-3-5-14-10/h3,5,8-9H,2,4,6-7,11H2,1H3. The van der Waals surface area contributed by atoms with Crippen molar-refractivity contribution in [1.29, 1.82) is 0 Å². The van der Waals surface area contributed by atoms with Crippen LogP contribution in [0.15, 0.2) is 11.6 Å². The lowest BCUT2D eigenvalue weighted by molar-refractivity contribution is 0.162. The number of likely N-dealkylation sites (tertiary alicyclic amines) is 1. The average molecular weight is 211 g/mol. The van der Waals surface area contributed by atoms with Crippen molar-refractivity contribution < 1.29 is 0 Å². The van der Waals surface area contributed by atoms with Crippen LogP contribution in [0.1, 0.15) is 18.4 Å². The SMILES string of the molecule is CC1CCN(Cc2nccs2)CC1N. The van der Waals surface area contributed by atoms with Gasteiger partial charge in [-0.05, 0) is 18.9 Å². The van der Waals surface area contributed by atoms with Crippen molar-refractivity contribution in [3.63, 3.8) is 0 Å². The van der Waals surface area contributed by atoms with E-state index >= 15 is 0 Å². The first-order valence-electron chi connectivity index (χ1n) is 5.12. The summed E-state index contributed by atoms with van der Waals surface area (Å²) < 4.78 is 0. The van der Waals surface area contributed by atoms with Crippen molar-refractivity contribution in [2.75, 3.05) is 13.1 Å². The molecule has 1 aliphatic rings. The molecule has 2 heterocycles. The molecule has 0 radical (unpaired) electrons. The average Bonchev–Trinajstić information content (AvgIpc) is 2.64. The minimum absolute atomic E-state index is 0.337. The molecule has 78 valence electrons. The summed E-state index contributed by atoms with van der Waals surface area (Å²) in [5.74, 6) is 0.669. The van der Waals surface area contributed by atoms with E-state index < -0.39 is 0 Å². The fourth-order valence-electron chi connectivity index (χ4n) is 1.84. The molecule has 1 aromatic rings. The smallest absolute Gasteiger partial charge is 0.107 e. The van der Waals surface area contributed by atoms with Gasteiger partial charge in [0.05, 0.1) is 6.54 Å². The second kappa shape index (κ2) is 4.38. The van der Waals surface area contributed by atoms with Gasteiger partial charge in [0.15, 0.2) is 0 Å². The largest absolute Gasteiger partial charge is 0.326 e. The molecule has 1 aliphatic heterocycles. The summed E-state index contributed by atoms with van der Waals surface area (Å²) in [7, 11) is 0. The van der Waals surface area contributed by atoms with Crippen molar-refractivity contribution >= 4 is 11.3 Å². The summed E-state index contributed by atoms with van der Waals surface area (Å²) in [5.41, 5.74) is 6.04. The predicted molar refractivity (Wildman–Crippen MR) is 59.1 cm³/mol. The molecule has 0 saturated carbocycles. The summed E-state index contributed by atoms with van der Waals surface area (Å²) in [5, 5.41) is 3.23. The molecule has 0 bridgehead atoms. The van der Waals surface area contributed by atoms with Gasteiger partial charge in [0, 0.05) is 24.2 Å². The van der Waals surface area contributed by atoms with Gasteiger partial charge < -0.3 is 5.73 Å². The maximum absolute atomic E-state index is 6.04. The molecule has 3 nitrogen and oxygen atoms in total. The van der Waals surface area contributed by atoms with Gasteiger partial charge in [-0.25, -0.2) is 4.98 Å². The normalized spacial score (nSPS) is 29.3. The first kappa shape index (κ1) is 10.1. The van der Waals surface area contributed by atoms with Crippen LogP contribution in [-0.4, -0.2) is 29.0 Å². The number of thiazole rings is 1. The van der Waals surface area contributed by atoms with E-state index in [0.717, 1.165) is 19.6 Å². The van der Waals surface area contributed by atoms with Crippen LogP contribution >= 0.6 is 11.3 Å². The second-order valence-electron chi connectivity index (χ2n) is 4.09. The van der Waals surface area contributed by atoms with E-state index in [2.05, 4.69) is 16.8 Å². The summed E-state index contributed by atoms with van der Waals surface area (Å²) in [6.07, 6.45) is 3.08. The molecule has 1 fully saturated rings. The summed E-state index contributed by atoms with van der Waals surface area (Å²) in [6, 6.07) is 0.337. The quantitative estimate of drug-likeness (QED) is 0.802. The highest BCUT2D eigenvalue weighted by Gasteiger charge is 2.23. The number of rotatable bonds is 2. The van der Waals surface area contributed by atoms with Gasteiger partial charge in [-0.15, -0.1) is 11.3 Å². The topological polar surface area (TPSA) is 42.2 Å². The van der Waals surface area contributed by atoms with E-state index in [1.54, 1.807) is 11.3 Å². The Bertz CT molecular complexity index is 273. The Morgan fingerprint density at radius 1 is 1.71 bits per heavy atom. The van der Waals surface area contributed by atoms with Crippen molar-refractivity contribution in [1.82, 2.24) is 9.88 Å². The third kappa shape index (κ3) is 2.32. The van der Waals surface area contributed by atoms with Crippen LogP contribution in [0.3, 0.4) is 0 Å². The maximum Gasteiger partial charge on any atom is 0.107 e. The molecule has 0 aliphatic carbocycles. The van der Waals surface area contributed by atoms with Crippen LogP contribution in [0, 0.1) is 5.92 Å². The predicted octanol–water partition coefficient (Wildman–Crippen LogP) is 1.31. The van der Waals surface area contributed by atoms with Crippen molar-refractivity contribution in [2.45, 2.75) is 25.9 Å². The van der Waals surface area contributed by atoms with Crippen LogP contribution in [-0.2, 0) is 6.54 Å². The number of nitrogens with two attached hydrogens (primary N) is 1. The van der Waals surface area contributed by atoms with E-state index in [1.165, 1.54) is 11.4 Å². The minimum Gasteiger partial charge on any atom is -0.326 e. The van der Waals surface area contributed by atoms with E-state index in [1.807, 2.05) is 11.6 Å². The van der Waals surface area contributed by atoms with Crippen molar-refractivity contribution in [3.05, 3.63) is 16.6 Å². The fraction of sp³-hybridized carbons (Fsp3) is 0.700. The Hall–Kier alpha value is -0.450. The lowest BCUT2D eigenvalue weighted by Crippen LogP contribution is -2.47. The molecule has 2 N–H and O–H groups in total. The van der Waals surface area contributed by atoms with Crippen LogP contribution in [0.2, 0.25) is 0 Å². The van der Waals surface area contributed by atoms with Gasteiger partial charge in [0.25, 0.3) is 0 Å². The molecular weight excluding hydrogens is 194 g/mol. The number of hydrogen-bond donors (Lipinski definition) is 1. The lowest BCUT2D eigenvalue weighted by atomic mass is 9.94. The molecule has 1 saturated heterocycles. The van der Waals surface area contributed by atoms with E-state index in [4.69, 9.17) is 5.73 Å². The first-order valence-corrected chi connectivity index (χ1v) is 6.00. The molecule has 2 atom stereocenters. The third-order valence-electron chi connectivity index (χ3n) is 2.94. The van der Waals surface area contributed by atoms with Gasteiger partial charge in [0.2, 0.25) is 0 Å². The Labute approximate surface area is 88.9 Å². The Morgan fingerprint density at radius 3 is 3.21 bits per heavy atom. The van der Waals surface area contributed by atoms with Crippen molar-refractivity contribution in [2.24, 2.45) is 11.7 Å². The lowest BCUT2D eigenvalue weighted by Gasteiger charge is -2.34. The summed E-state index contributed by atoms with van der Waals surface area (Å²) in [4.78, 5) is 6.70. The zero-order valence-corrected chi connectivity index (χ0v) is 9.33. The molecule has 14 heavy (non-hydrogen) atoms. The molecule has 4 heteroatoms. The van der Waals surface area contributed by atoms with Gasteiger partial charge >= 0.3 is 0 Å². The zero-order valence-electron chi connectivity index (χ0n) is 8.52. The molecular formula is C10H17N3S. The van der Waals surface area contributed by atoms with Gasteiger partial charge in [-0.1, -0.05) is 6.92 Å². The monoisotopic (exact) mass is 211 g/mol. The third-order valence-corrected chi connectivity index (χ3v) is 3.71. The molecule has 2 rings (SSSR count). The van der Waals surface area contributed by atoms with Crippen LogP contribution in [0.5, 0.6) is 0 Å². The molecule has 0 spiro atoms. The Kier molecular flexibility index (Phi) is 3.15. The summed E-state index contributed by atoms with van der Waals surface area (Å²) >= 11 is 1.73. The van der Waals surface area contributed by atoms with Crippen LogP contribution < -0.4 is 5.73 Å². The zero-order chi connectivity index (χ0) is 9.97. The van der Waals surface area contributed by atoms with Crippen molar-refractivity contribution in [3.8, 4) is 0 Å². The van der Waals surface area contributed by atoms with E-state index in [9.17, 15) is 0 Å². The second-order valence-corrected chi connectivity index (χ2v) is 5.07. The molecule has 1 aromatic heterocycles. The number of nitrogens with zero attached hydrogens (tertiary/aromatic N) is 2. The Morgan fingerprint density at radius 2 is 2.57 bits per heavy atom. The highest BCUT2D eigenvalue weighted by atomic mass is 32.1. The molecule has 2 unspecified atom stereocenters. The van der Waals surface area contributed by atoms with Crippen LogP contribution in [0.4, 0.5) is 0 Å². The highest BCUT2D eigenvalue weighted by molar-refractivity contribution is 7.09. The van der Waals surface area contributed by atoms with Gasteiger partial charge in [-0.3, -0.25) is 4.90 Å². The van der Waals surface area contributed by atoms with E-state index in [-0.39, 0.29) is 0 Å². The number of hydrogen-bond acceptors (Lipinski definition) is 4. The minimum atomic E-state index is 0.337. The maximum atomic E-state index is 6.04. The molecule has 0 amide bonds. The molecule has 0 aromatic carbocycles. The highest BCUT2D eigenvalue weighted by Crippen LogP contribution is 2.18. The van der Waals surface area contributed by atoms with E-state index in [0.29, 0.717) is 12.0 Å².